The summed E-state index contributed by atoms with van der Waals surface area (Å²) in [4.78, 5) is 30.6. The number of ether oxygens (including phenoxy) is 1. The number of carbonyl (C=O) groups excluding carboxylic acids is 1. The molecule has 0 radical (unpaired) electrons. The van der Waals surface area contributed by atoms with Crippen LogP contribution in [0.1, 0.15) is 82.9 Å². The van der Waals surface area contributed by atoms with Crippen LogP contribution in [0, 0.1) is 17.6 Å². The summed E-state index contributed by atoms with van der Waals surface area (Å²) in [7, 11) is -0.930. The Labute approximate surface area is 225 Å². The summed E-state index contributed by atoms with van der Waals surface area (Å²) in [5.74, 6) is -2.47. The van der Waals surface area contributed by atoms with Crippen LogP contribution in [0.25, 0.3) is 11.0 Å². The number of esters is 1. The van der Waals surface area contributed by atoms with Gasteiger partial charge in [-0.15, -0.1) is 0 Å². The molecular weight excluding hydrogens is 506 g/mol. The van der Waals surface area contributed by atoms with E-state index in [1.807, 2.05) is 24.5 Å². The summed E-state index contributed by atoms with van der Waals surface area (Å²) in [5.41, 5.74) is 0.731. The number of rotatable bonds is 9. The van der Waals surface area contributed by atoms with Gasteiger partial charge in [0.1, 0.15) is 11.1 Å². The third-order valence-electron chi connectivity index (χ3n) is 6.34. The minimum Gasteiger partial charge on any atom is -0.462 e. The molecule has 1 atom stereocenters. The zero-order valence-corrected chi connectivity index (χ0v) is 24.9. The van der Waals surface area contributed by atoms with Crippen LogP contribution >= 0.6 is 0 Å². The average molecular weight is 545 g/mol. The normalized spacial score (nSPS) is 13.6. The maximum absolute atomic E-state index is 13.8. The molecular formula is C29H38F2N2O4Si. The summed E-state index contributed by atoms with van der Waals surface area (Å²) in [6.45, 7) is 16.5. The predicted octanol–water partition coefficient (Wildman–Crippen LogP) is 5.74. The molecule has 0 aliphatic rings. The maximum atomic E-state index is 13.8. The summed E-state index contributed by atoms with van der Waals surface area (Å²) in [6.07, 6.45) is 3.38. The van der Waals surface area contributed by atoms with Crippen LogP contribution in [0.4, 0.5) is 8.78 Å². The van der Waals surface area contributed by atoms with Crippen molar-refractivity contribution in [3.05, 3.63) is 75.2 Å². The number of carbonyl (C=O) groups is 1. The fraction of sp³-hybridized carbons (Fsp3) is 0.483. The van der Waals surface area contributed by atoms with Crippen LogP contribution in [0.15, 0.2) is 41.5 Å². The molecule has 0 bridgehead atoms. The number of fused-ring (bicyclic) bond motifs is 1. The second-order valence-electron chi connectivity index (χ2n) is 11.8. The van der Waals surface area contributed by atoms with Gasteiger partial charge in [-0.1, -0.05) is 40.7 Å². The molecule has 0 unspecified atom stereocenters. The first-order valence-electron chi connectivity index (χ1n) is 12.9. The van der Waals surface area contributed by atoms with Gasteiger partial charge in [-0.25, -0.2) is 13.6 Å². The van der Waals surface area contributed by atoms with E-state index in [0.29, 0.717) is 16.6 Å². The molecule has 0 aliphatic heterocycles. The Bertz CT molecular complexity index is 1380. The van der Waals surface area contributed by atoms with E-state index in [1.54, 1.807) is 13.1 Å². The fourth-order valence-electron chi connectivity index (χ4n) is 4.77. The van der Waals surface area contributed by atoms with E-state index in [-0.39, 0.29) is 41.1 Å². The van der Waals surface area contributed by atoms with Crippen molar-refractivity contribution in [2.45, 2.75) is 78.5 Å². The minimum absolute atomic E-state index is 0.0644. The smallest absolute Gasteiger partial charge is 0.343 e. The SMILES string of the molecule is CCOC(=O)c1cn([C@@H](C(C)C)C(C)(C)O[SiH2]C(C)(C)C)c2cc(Cc3ccc(F)c(F)c3)cnc2c1=O. The lowest BCUT2D eigenvalue weighted by atomic mass is 9.88. The van der Waals surface area contributed by atoms with E-state index in [1.165, 1.54) is 12.3 Å². The summed E-state index contributed by atoms with van der Waals surface area (Å²) >= 11 is 0. The van der Waals surface area contributed by atoms with Crippen LogP contribution < -0.4 is 5.43 Å². The first kappa shape index (κ1) is 29.6. The third kappa shape index (κ3) is 6.74. The third-order valence-corrected chi connectivity index (χ3v) is 8.09. The molecule has 206 valence electrons. The van der Waals surface area contributed by atoms with Gasteiger partial charge in [0.2, 0.25) is 5.43 Å². The van der Waals surface area contributed by atoms with Crippen molar-refractivity contribution in [2.24, 2.45) is 5.92 Å². The van der Waals surface area contributed by atoms with Crippen molar-refractivity contribution in [1.29, 1.82) is 0 Å². The summed E-state index contributed by atoms with van der Waals surface area (Å²) < 4.78 is 40.9. The van der Waals surface area contributed by atoms with Crippen molar-refractivity contribution < 1.29 is 22.7 Å². The molecule has 6 nitrogen and oxygen atoms in total. The largest absolute Gasteiger partial charge is 0.462 e. The van der Waals surface area contributed by atoms with Gasteiger partial charge in [0, 0.05) is 12.4 Å². The molecule has 0 spiro atoms. The number of hydrogen-bond acceptors (Lipinski definition) is 5. The van der Waals surface area contributed by atoms with Crippen molar-refractivity contribution in [3.63, 3.8) is 0 Å². The van der Waals surface area contributed by atoms with Gasteiger partial charge in [0.25, 0.3) is 0 Å². The number of halogens is 2. The summed E-state index contributed by atoms with van der Waals surface area (Å²) in [6, 6.07) is 5.33. The van der Waals surface area contributed by atoms with Gasteiger partial charge < -0.3 is 13.7 Å². The molecule has 0 aliphatic carbocycles. The van der Waals surface area contributed by atoms with Crippen LogP contribution in [-0.2, 0) is 15.6 Å². The zero-order chi connectivity index (χ0) is 28.4. The van der Waals surface area contributed by atoms with Crippen LogP contribution in [0.2, 0.25) is 5.04 Å². The highest BCUT2D eigenvalue weighted by Gasteiger charge is 2.36. The first-order chi connectivity index (χ1) is 17.6. The Balaban J connectivity index is 2.24. The topological polar surface area (TPSA) is 70.4 Å². The molecule has 0 saturated heterocycles. The van der Waals surface area contributed by atoms with Crippen molar-refractivity contribution >= 4 is 26.8 Å². The second kappa shape index (κ2) is 11.5. The lowest BCUT2D eigenvalue weighted by Crippen LogP contribution is -2.42. The van der Waals surface area contributed by atoms with Crippen LogP contribution in [0.5, 0.6) is 0 Å². The number of nitrogens with zero attached hydrogens (tertiary/aromatic N) is 2. The van der Waals surface area contributed by atoms with Crippen molar-refractivity contribution in [3.8, 4) is 0 Å². The number of hydrogen-bond donors (Lipinski definition) is 0. The highest BCUT2D eigenvalue weighted by molar-refractivity contribution is 6.31. The number of benzene rings is 1. The molecule has 0 amide bonds. The Hall–Kier alpha value is -2.91. The van der Waals surface area contributed by atoms with Crippen LogP contribution in [-0.4, -0.2) is 37.5 Å². The Kier molecular flexibility index (Phi) is 8.93. The molecule has 2 aromatic heterocycles. The molecule has 0 N–H and O–H groups in total. The lowest BCUT2D eigenvalue weighted by Gasteiger charge is -2.41. The van der Waals surface area contributed by atoms with Gasteiger partial charge >= 0.3 is 5.97 Å². The molecule has 1 aromatic carbocycles. The van der Waals surface area contributed by atoms with Crippen LogP contribution in [0.3, 0.4) is 0 Å². The fourth-order valence-corrected chi connectivity index (χ4v) is 5.75. The molecule has 3 rings (SSSR count). The van der Waals surface area contributed by atoms with E-state index >= 15 is 0 Å². The molecule has 0 fully saturated rings. The molecule has 9 heteroatoms. The average Bonchev–Trinajstić information content (AvgIpc) is 2.81. The van der Waals surface area contributed by atoms with E-state index < -0.39 is 38.4 Å². The minimum atomic E-state index is -0.930. The summed E-state index contributed by atoms with van der Waals surface area (Å²) in [5, 5.41) is 0.0691. The molecule has 0 saturated carbocycles. The quantitative estimate of drug-likeness (QED) is 0.254. The molecule has 3 aromatic rings. The Morgan fingerprint density at radius 3 is 2.34 bits per heavy atom. The van der Waals surface area contributed by atoms with Gasteiger partial charge in [0.05, 0.1) is 23.8 Å². The van der Waals surface area contributed by atoms with Gasteiger partial charge in [0.15, 0.2) is 21.4 Å². The van der Waals surface area contributed by atoms with E-state index in [2.05, 4.69) is 39.6 Å². The van der Waals surface area contributed by atoms with Crippen molar-refractivity contribution in [1.82, 2.24) is 9.55 Å². The maximum Gasteiger partial charge on any atom is 0.343 e. The van der Waals surface area contributed by atoms with Crippen molar-refractivity contribution in [2.75, 3.05) is 6.61 Å². The molecule has 2 heterocycles. The molecule has 38 heavy (non-hydrogen) atoms. The van der Waals surface area contributed by atoms with E-state index in [9.17, 15) is 18.4 Å². The monoisotopic (exact) mass is 544 g/mol. The first-order valence-corrected chi connectivity index (χ1v) is 14.2. The zero-order valence-electron chi connectivity index (χ0n) is 23.5. The highest BCUT2D eigenvalue weighted by atomic mass is 28.2. The standard InChI is InChI=1S/C29H38F2N2O4Si/c1-9-36-27(35)20-16-33(26(17(2)3)29(7,8)37-38-28(4,5)6)23-14-19(15-32-24(23)25(20)34)12-18-10-11-21(30)22(31)13-18/h10-11,13-17,26H,9,12,38H2,1-8H3/t26-/m0/s1. The second-order valence-corrected chi connectivity index (χ2v) is 14.5. The number of pyridine rings is 2. The van der Waals surface area contributed by atoms with Gasteiger partial charge in [-0.2, -0.15) is 0 Å². The van der Waals surface area contributed by atoms with Gasteiger partial charge in [-0.3, -0.25) is 9.78 Å². The highest BCUT2D eigenvalue weighted by Crippen LogP contribution is 2.37. The lowest BCUT2D eigenvalue weighted by molar-refractivity contribution is 0.0286. The Morgan fingerprint density at radius 1 is 1.08 bits per heavy atom. The number of aromatic nitrogens is 2. The van der Waals surface area contributed by atoms with E-state index in [4.69, 9.17) is 9.16 Å². The van der Waals surface area contributed by atoms with E-state index in [0.717, 1.165) is 12.1 Å². The predicted molar refractivity (Wildman–Crippen MR) is 148 cm³/mol. The van der Waals surface area contributed by atoms with Gasteiger partial charge in [-0.05, 0) is 67.5 Å². The Morgan fingerprint density at radius 2 is 1.76 bits per heavy atom.